The summed E-state index contributed by atoms with van der Waals surface area (Å²) in [5.41, 5.74) is -0.184. The first-order chi connectivity index (χ1) is 9.15. The average Bonchev–Trinajstić information content (AvgIpc) is 2.84. The molecule has 0 aliphatic rings. The Morgan fingerprint density at radius 1 is 1.37 bits per heavy atom. The minimum atomic E-state index is -0.188. The Kier molecular flexibility index (Phi) is 4.18. The third-order valence-corrected chi connectivity index (χ3v) is 2.71. The summed E-state index contributed by atoms with van der Waals surface area (Å²) < 4.78 is 6.59. The van der Waals surface area contributed by atoms with Crippen molar-refractivity contribution >= 4 is 5.91 Å². The van der Waals surface area contributed by atoms with Gasteiger partial charge in [0.1, 0.15) is 12.3 Å². The third kappa shape index (κ3) is 3.84. The highest BCUT2D eigenvalue weighted by Gasteiger charge is 2.10. The van der Waals surface area contributed by atoms with Crippen LogP contribution in [0.2, 0.25) is 0 Å². The fourth-order valence-corrected chi connectivity index (χ4v) is 1.85. The molecular formula is C14H16N2O3. The lowest BCUT2D eigenvalue weighted by Gasteiger charge is -2.13. The summed E-state index contributed by atoms with van der Waals surface area (Å²) in [5, 5.41) is 2.84. The van der Waals surface area contributed by atoms with E-state index < -0.39 is 0 Å². The number of hydrogen-bond donors (Lipinski definition) is 1. The number of carbonyl (C=O) groups excluding carboxylic acids is 1. The van der Waals surface area contributed by atoms with E-state index in [1.165, 1.54) is 10.6 Å². The second-order valence-corrected chi connectivity index (χ2v) is 4.42. The Morgan fingerprint density at radius 2 is 2.21 bits per heavy atom. The number of hydrogen-bond acceptors (Lipinski definition) is 3. The molecule has 0 saturated heterocycles. The molecule has 0 aliphatic heterocycles. The first kappa shape index (κ1) is 13.1. The summed E-state index contributed by atoms with van der Waals surface area (Å²) >= 11 is 0. The number of amides is 1. The maximum Gasteiger partial charge on any atom is 0.250 e. The van der Waals surface area contributed by atoms with Crippen molar-refractivity contribution in [1.82, 2.24) is 9.88 Å². The zero-order valence-corrected chi connectivity index (χ0v) is 10.7. The van der Waals surface area contributed by atoms with Crippen LogP contribution in [0.5, 0.6) is 0 Å². The Morgan fingerprint density at radius 3 is 2.89 bits per heavy atom. The predicted molar refractivity (Wildman–Crippen MR) is 70.7 cm³/mol. The average molecular weight is 260 g/mol. The van der Waals surface area contributed by atoms with Gasteiger partial charge < -0.3 is 14.3 Å². The summed E-state index contributed by atoms with van der Waals surface area (Å²) in [6.45, 7) is 1.93. The van der Waals surface area contributed by atoms with E-state index in [0.717, 1.165) is 5.76 Å². The molecule has 2 aromatic rings. The van der Waals surface area contributed by atoms with Crippen molar-refractivity contribution in [2.75, 3.05) is 0 Å². The molecule has 0 aliphatic carbocycles. The first-order valence-electron chi connectivity index (χ1n) is 6.12. The lowest BCUT2D eigenvalue weighted by molar-refractivity contribution is -0.122. The van der Waals surface area contributed by atoms with Crippen LogP contribution in [0.25, 0.3) is 0 Å². The van der Waals surface area contributed by atoms with Crippen molar-refractivity contribution in [3.63, 3.8) is 0 Å². The van der Waals surface area contributed by atoms with Crippen LogP contribution in [0.3, 0.4) is 0 Å². The zero-order valence-electron chi connectivity index (χ0n) is 10.7. The molecule has 2 rings (SSSR count). The van der Waals surface area contributed by atoms with Crippen molar-refractivity contribution in [2.45, 2.75) is 25.9 Å². The van der Waals surface area contributed by atoms with Gasteiger partial charge in [0.2, 0.25) is 5.91 Å². The molecule has 1 amide bonds. The van der Waals surface area contributed by atoms with Gasteiger partial charge in [0.15, 0.2) is 0 Å². The number of carbonyl (C=O) groups is 1. The first-order valence-corrected chi connectivity index (χ1v) is 6.12. The molecule has 1 N–H and O–H groups in total. The lowest BCUT2D eigenvalue weighted by Crippen LogP contribution is -2.38. The topological polar surface area (TPSA) is 64.2 Å². The van der Waals surface area contributed by atoms with Crippen LogP contribution in [0.4, 0.5) is 0 Å². The van der Waals surface area contributed by atoms with E-state index in [-0.39, 0.29) is 24.1 Å². The molecule has 0 bridgehead atoms. The van der Waals surface area contributed by atoms with Gasteiger partial charge >= 0.3 is 0 Å². The molecule has 0 aromatic carbocycles. The molecule has 19 heavy (non-hydrogen) atoms. The second kappa shape index (κ2) is 6.04. The number of aromatic nitrogens is 1. The molecule has 1 atom stereocenters. The van der Waals surface area contributed by atoms with Gasteiger partial charge in [-0.1, -0.05) is 6.07 Å². The van der Waals surface area contributed by atoms with Gasteiger partial charge in [-0.2, -0.15) is 0 Å². The maximum atomic E-state index is 11.8. The van der Waals surface area contributed by atoms with Crippen LogP contribution in [-0.4, -0.2) is 16.5 Å². The van der Waals surface area contributed by atoms with E-state index in [1.54, 1.807) is 24.6 Å². The van der Waals surface area contributed by atoms with Crippen molar-refractivity contribution in [2.24, 2.45) is 0 Å². The van der Waals surface area contributed by atoms with Crippen molar-refractivity contribution in [3.05, 3.63) is 58.9 Å². The molecule has 5 nitrogen and oxygen atoms in total. The number of nitrogens with zero attached hydrogens (tertiary/aromatic N) is 1. The molecule has 5 heteroatoms. The normalized spacial score (nSPS) is 12.1. The standard InChI is InChI=1S/C14H16N2O3/c1-11(9-12-5-4-8-19-12)15-13(17)10-16-7-3-2-6-14(16)18/h2-8,11H,9-10H2,1H3,(H,15,17)/t11-/m1/s1. The number of pyridine rings is 1. The quantitative estimate of drug-likeness (QED) is 0.878. The number of rotatable bonds is 5. The van der Waals surface area contributed by atoms with Gasteiger partial charge in [-0.15, -0.1) is 0 Å². The van der Waals surface area contributed by atoms with Gasteiger partial charge in [0, 0.05) is 24.7 Å². The van der Waals surface area contributed by atoms with Crippen molar-refractivity contribution in [1.29, 1.82) is 0 Å². The summed E-state index contributed by atoms with van der Waals surface area (Å²) in [7, 11) is 0. The van der Waals surface area contributed by atoms with E-state index in [1.807, 2.05) is 19.1 Å². The van der Waals surface area contributed by atoms with Crippen LogP contribution in [0.15, 0.2) is 52.0 Å². The lowest BCUT2D eigenvalue weighted by atomic mass is 10.2. The number of nitrogens with one attached hydrogen (secondary N) is 1. The fourth-order valence-electron chi connectivity index (χ4n) is 1.85. The molecule has 0 fully saturated rings. The summed E-state index contributed by atoms with van der Waals surface area (Å²) in [6.07, 6.45) is 3.83. The molecule has 0 saturated carbocycles. The van der Waals surface area contributed by atoms with E-state index >= 15 is 0 Å². The van der Waals surface area contributed by atoms with Crippen molar-refractivity contribution < 1.29 is 9.21 Å². The van der Waals surface area contributed by atoms with E-state index in [9.17, 15) is 9.59 Å². The van der Waals surface area contributed by atoms with Crippen molar-refractivity contribution in [3.8, 4) is 0 Å². The molecular weight excluding hydrogens is 244 g/mol. The van der Waals surface area contributed by atoms with Gasteiger partial charge in [-0.3, -0.25) is 9.59 Å². The molecule has 2 aromatic heterocycles. The molecule has 0 spiro atoms. The second-order valence-electron chi connectivity index (χ2n) is 4.42. The molecule has 2 heterocycles. The van der Waals surface area contributed by atoms with Crippen LogP contribution < -0.4 is 10.9 Å². The Balaban J connectivity index is 1.87. The van der Waals surface area contributed by atoms with Gasteiger partial charge in [0.05, 0.1) is 6.26 Å². The summed E-state index contributed by atoms with van der Waals surface area (Å²) in [6, 6.07) is 8.44. The van der Waals surface area contributed by atoms with Gasteiger partial charge in [0.25, 0.3) is 5.56 Å². The Hall–Kier alpha value is -2.30. The largest absolute Gasteiger partial charge is 0.469 e. The smallest absolute Gasteiger partial charge is 0.250 e. The van der Waals surface area contributed by atoms with E-state index in [2.05, 4.69) is 5.32 Å². The van der Waals surface area contributed by atoms with Gasteiger partial charge in [-0.25, -0.2) is 0 Å². The third-order valence-electron chi connectivity index (χ3n) is 2.71. The van der Waals surface area contributed by atoms with Crippen LogP contribution in [0.1, 0.15) is 12.7 Å². The molecule has 0 radical (unpaired) electrons. The zero-order chi connectivity index (χ0) is 13.7. The minimum Gasteiger partial charge on any atom is -0.469 e. The Labute approximate surface area is 110 Å². The highest BCUT2D eigenvalue weighted by molar-refractivity contribution is 5.76. The monoisotopic (exact) mass is 260 g/mol. The van der Waals surface area contributed by atoms with Crippen LogP contribution in [-0.2, 0) is 17.8 Å². The minimum absolute atomic E-state index is 0.0299. The highest BCUT2D eigenvalue weighted by atomic mass is 16.3. The van der Waals surface area contributed by atoms with E-state index in [4.69, 9.17) is 4.42 Å². The van der Waals surface area contributed by atoms with E-state index in [0.29, 0.717) is 6.42 Å². The predicted octanol–water partition coefficient (Wildman–Crippen LogP) is 1.19. The Bertz CT molecular complexity index is 587. The molecule has 100 valence electrons. The molecule has 0 unspecified atom stereocenters. The van der Waals surface area contributed by atoms with Gasteiger partial charge in [-0.05, 0) is 25.1 Å². The summed E-state index contributed by atoms with van der Waals surface area (Å²) in [5.74, 6) is 0.636. The fraction of sp³-hybridized carbons (Fsp3) is 0.286. The SMILES string of the molecule is C[C@H](Cc1ccco1)NC(=O)Cn1ccccc1=O. The van der Waals surface area contributed by atoms with Crippen LogP contribution in [0, 0.1) is 0 Å². The maximum absolute atomic E-state index is 11.8. The number of furan rings is 1. The van der Waals surface area contributed by atoms with Crippen LogP contribution >= 0.6 is 0 Å². The highest BCUT2D eigenvalue weighted by Crippen LogP contribution is 2.03. The summed E-state index contributed by atoms with van der Waals surface area (Å²) in [4.78, 5) is 23.3.